The van der Waals surface area contributed by atoms with Crippen LogP contribution in [0.5, 0.6) is 0 Å². The molecule has 1 rings (SSSR count). The fraction of sp³-hybridized carbons (Fsp3) is 0.222. The van der Waals surface area contributed by atoms with Gasteiger partial charge >= 0.3 is 11.7 Å². The average molecular weight is 210 g/mol. The fourth-order valence-corrected chi connectivity index (χ4v) is 1.01. The Kier molecular flexibility index (Phi) is 3.22. The largest absolute Gasteiger partial charge is 0.466 e. The molecule has 1 aromatic heterocycles. The lowest BCUT2D eigenvalue weighted by atomic mass is 10.4. The first kappa shape index (κ1) is 11.0. The first-order valence-corrected chi connectivity index (χ1v) is 4.13. The minimum atomic E-state index is -0.597. The Labute approximate surface area is 84.8 Å². The van der Waals surface area contributed by atoms with Gasteiger partial charge in [-0.15, -0.1) is 0 Å². The van der Waals surface area contributed by atoms with Gasteiger partial charge in [0, 0.05) is 24.0 Å². The molecule has 0 aliphatic heterocycles. The molecule has 0 aliphatic rings. The van der Waals surface area contributed by atoms with Gasteiger partial charge in [0.1, 0.15) is 0 Å². The second kappa shape index (κ2) is 4.41. The fourth-order valence-electron chi connectivity index (χ4n) is 1.01. The Morgan fingerprint density at radius 2 is 2.20 bits per heavy atom. The van der Waals surface area contributed by atoms with Crippen LogP contribution in [0.25, 0.3) is 6.20 Å². The molecule has 0 fully saturated rings. The number of nitrogens with one attached hydrogen (secondary N) is 1. The second-order valence-corrected chi connectivity index (χ2v) is 2.79. The lowest BCUT2D eigenvalue weighted by Gasteiger charge is -2.01. The van der Waals surface area contributed by atoms with E-state index in [-0.39, 0.29) is 0 Å². The Morgan fingerprint density at radius 3 is 2.73 bits per heavy atom. The van der Waals surface area contributed by atoms with Gasteiger partial charge in [0.15, 0.2) is 0 Å². The molecule has 0 saturated carbocycles. The van der Waals surface area contributed by atoms with Gasteiger partial charge in [-0.05, 0) is 6.92 Å². The molecule has 0 saturated heterocycles. The second-order valence-electron chi connectivity index (χ2n) is 2.79. The Balaban J connectivity index is 3.16. The van der Waals surface area contributed by atoms with Gasteiger partial charge in [0.05, 0.1) is 7.11 Å². The van der Waals surface area contributed by atoms with E-state index in [2.05, 4.69) is 9.72 Å². The van der Waals surface area contributed by atoms with Gasteiger partial charge in [-0.25, -0.2) is 9.59 Å². The number of nitrogens with zero attached hydrogens (tertiary/aromatic N) is 1. The maximum absolute atomic E-state index is 11.3. The SMILES string of the molecule is COC(=O)/C=C/n1c(C)cc(=O)[nH]c1=O. The number of hydrogen-bond donors (Lipinski definition) is 1. The summed E-state index contributed by atoms with van der Waals surface area (Å²) in [5.74, 6) is -0.576. The van der Waals surface area contributed by atoms with E-state index < -0.39 is 17.2 Å². The number of hydrogen-bond acceptors (Lipinski definition) is 4. The normalized spacial score (nSPS) is 10.5. The van der Waals surface area contributed by atoms with Gasteiger partial charge in [0.2, 0.25) is 0 Å². The van der Waals surface area contributed by atoms with Crippen LogP contribution in [0.1, 0.15) is 5.69 Å². The molecule has 0 bridgehead atoms. The summed E-state index contributed by atoms with van der Waals surface area (Å²) < 4.78 is 5.50. The van der Waals surface area contributed by atoms with Crippen molar-refractivity contribution in [1.82, 2.24) is 9.55 Å². The van der Waals surface area contributed by atoms with Crippen LogP contribution >= 0.6 is 0 Å². The summed E-state index contributed by atoms with van der Waals surface area (Å²) in [6.45, 7) is 1.58. The van der Waals surface area contributed by atoms with Gasteiger partial charge in [-0.1, -0.05) is 0 Å². The molecule has 1 N–H and O–H groups in total. The molecule has 0 aliphatic carbocycles. The number of aromatic amines is 1. The van der Waals surface area contributed by atoms with E-state index in [0.29, 0.717) is 5.69 Å². The lowest BCUT2D eigenvalue weighted by Crippen LogP contribution is -2.28. The predicted molar refractivity (Wildman–Crippen MR) is 53.4 cm³/mol. The van der Waals surface area contributed by atoms with E-state index in [0.717, 1.165) is 10.6 Å². The molecule has 15 heavy (non-hydrogen) atoms. The highest BCUT2D eigenvalue weighted by atomic mass is 16.5. The summed E-state index contributed by atoms with van der Waals surface area (Å²) in [6, 6.07) is 1.25. The summed E-state index contributed by atoms with van der Waals surface area (Å²) in [5.41, 5.74) is -0.635. The molecule has 0 spiro atoms. The van der Waals surface area contributed by atoms with Crippen molar-refractivity contribution >= 4 is 12.2 Å². The molecule has 1 aromatic rings. The molecular formula is C9H10N2O4. The van der Waals surface area contributed by atoms with Crippen LogP contribution in [0.4, 0.5) is 0 Å². The number of H-pyrrole nitrogens is 1. The highest BCUT2D eigenvalue weighted by Gasteiger charge is 1.99. The van der Waals surface area contributed by atoms with Crippen molar-refractivity contribution in [3.63, 3.8) is 0 Å². The average Bonchev–Trinajstić information content (AvgIpc) is 2.15. The van der Waals surface area contributed by atoms with Crippen molar-refractivity contribution in [2.45, 2.75) is 6.92 Å². The van der Waals surface area contributed by atoms with Crippen molar-refractivity contribution in [2.75, 3.05) is 7.11 Å². The minimum Gasteiger partial charge on any atom is -0.466 e. The molecule has 0 aromatic carbocycles. The van der Waals surface area contributed by atoms with Crippen molar-refractivity contribution in [1.29, 1.82) is 0 Å². The lowest BCUT2D eigenvalue weighted by molar-refractivity contribution is -0.134. The summed E-state index contributed by atoms with van der Waals surface area (Å²) in [4.78, 5) is 35.0. The summed E-state index contributed by atoms with van der Waals surface area (Å²) >= 11 is 0. The predicted octanol–water partition coefficient (Wildman–Crippen LogP) is -0.511. The zero-order valence-electron chi connectivity index (χ0n) is 8.31. The molecule has 6 nitrogen and oxygen atoms in total. The number of esters is 1. The molecular weight excluding hydrogens is 200 g/mol. The summed E-state index contributed by atoms with van der Waals surface area (Å²) in [6.07, 6.45) is 2.33. The van der Waals surface area contributed by atoms with E-state index >= 15 is 0 Å². The Hall–Kier alpha value is -2.11. The van der Waals surface area contributed by atoms with E-state index in [1.807, 2.05) is 0 Å². The number of carbonyl (C=O) groups is 1. The number of ether oxygens (including phenoxy) is 1. The molecule has 1 heterocycles. The molecule has 0 radical (unpaired) electrons. The standard InChI is InChI=1S/C9H10N2O4/c1-6-5-7(12)10-9(14)11(6)4-3-8(13)15-2/h3-5H,1-2H3,(H,10,12,14)/b4-3+. The van der Waals surface area contributed by atoms with Crippen LogP contribution in [0, 0.1) is 6.92 Å². The highest BCUT2D eigenvalue weighted by molar-refractivity contribution is 5.84. The van der Waals surface area contributed by atoms with Gasteiger partial charge in [-0.2, -0.15) is 0 Å². The van der Waals surface area contributed by atoms with Crippen molar-refractivity contribution in [3.05, 3.63) is 38.7 Å². The van der Waals surface area contributed by atoms with E-state index in [4.69, 9.17) is 0 Å². The Morgan fingerprint density at radius 1 is 1.53 bits per heavy atom. The number of aryl methyl sites for hydroxylation is 1. The molecule has 0 amide bonds. The topological polar surface area (TPSA) is 81.2 Å². The van der Waals surface area contributed by atoms with Crippen LogP contribution in [-0.4, -0.2) is 22.6 Å². The third-order valence-corrected chi connectivity index (χ3v) is 1.73. The summed E-state index contributed by atoms with van der Waals surface area (Å²) in [7, 11) is 1.23. The smallest absolute Gasteiger partial charge is 0.332 e. The van der Waals surface area contributed by atoms with Crippen LogP contribution in [-0.2, 0) is 9.53 Å². The van der Waals surface area contributed by atoms with Crippen LogP contribution in [0.2, 0.25) is 0 Å². The highest BCUT2D eigenvalue weighted by Crippen LogP contribution is 1.90. The maximum atomic E-state index is 11.3. The van der Waals surface area contributed by atoms with Crippen molar-refractivity contribution in [3.8, 4) is 0 Å². The molecule has 0 unspecified atom stereocenters. The zero-order chi connectivity index (χ0) is 11.4. The number of rotatable bonds is 2. The van der Waals surface area contributed by atoms with Gasteiger partial charge in [-0.3, -0.25) is 14.3 Å². The first-order valence-electron chi connectivity index (χ1n) is 4.13. The third-order valence-electron chi connectivity index (χ3n) is 1.73. The maximum Gasteiger partial charge on any atom is 0.332 e. The van der Waals surface area contributed by atoms with Gasteiger partial charge < -0.3 is 4.74 Å². The molecule has 6 heteroatoms. The first-order chi connectivity index (χ1) is 7.04. The quantitative estimate of drug-likeness (QED) is 0.526. The van der Waals surface area contributed by atoms with Crippen LogP contribution < -0.4 is 11.2 Å². The van der Waals surface area contributed by atoms with Gasteiger partial charge in [0.25, 0.3) is 5.56 Å². The number of carbonyl (C=O) groups excluding carboxylic acids is 1. The zero-order valence-corrected chi connectivity index (χ0v) is 8.31. The van der Waals surface area contributed by atoms with E-state index in [1.54, 1.807) is 6.92 Å². The Bertz CT molecular complexity index is 510. The van der Waals surface area contributed by atoms with Crippen molar-refractivity contribution < 1.29 is 9.53 Å². The monoisotopic (exact) mass is 210 g/mol. The number of methoxy groups -OCH3 is 1. The van der Waals surface area contributed by atoms with Crippen LogP contribution in [0.3, 0.4) is 0 Å². The van der Waals surface area contributed by atoms with E-state index in [9.17, 15) is 14.4 Å². The van der Waals surface area contributed by atoms with Crippen LogP contribution in [0.15, 0.2) is 21.7 Å². The van der Waals surface area contributed by atoms with E-state index in [1.165, 1.54) is 19.4 Å². The third kappa shape index (κ3) is 2.67. The molecule has 0 atom stereocenters. The summed E-state index contributed by atoms with van der Waals surface area (Å²) in [5, 5.41) is 0. The minimum absolute atomic E-state index is 0.434. The number of aromatic nitrogens is 2. The van der Waals surface area contributed by atoms with Crippen molar-refractivity contribution in [2.24, 2.45) is 0 Å². The molecule has 80 valence electrons.